The minimum absolute atomic E-state index is 0.125. The average Bonchev–Trinajstić information content (AvgIpc) is 2.93. The number of aryl methyl sites for hydroxylation is 1. The number of ether oxygens (including phenoxy) is 2. The molecule has 0 unspecified atom stereocenters. The van der Waals surface area contributed by atoms with E-state index in [2.05, 4.69) is 12.2 Å². The predicted octanol–water partition coefficient (Wildman–Crippen LogP) is 4.64. The van der Waals surface area contributed by atoms with Crippen LogP contribution < -0.4 is 14.8 Å². The second-order valence-corrected chi connectivity index (χ2v) is 10.1. The van der Waals surface area contributed by atoms with Gasteiger partial charge in [0.05, 0.1) is 13.2 Å². The molecule has 0 spiro atoms. The van der Waals surface area contributed by atoms with Crippen molar-refractivity contribution in [2.24, 2.45) is 5.92 Å². The monoisotopic (exact) mass is 538 g/mol. The highest BCUT2D eigenvalue weighted by Crippen LogP contribution is 2.22. The molecule has 1 fully saturated rings. The lowest BCUT2D eigenvalue weighted by atomic mass is 9.92. The van der Waals surface area contributed by atoms with Crippen molar-refractivity contribution in [2.75, 3.05) is 26.3 Å². The van der Waals surface area contributed by atoms with E-state index in [1.54, 1.807) is 0 Å². The first-order chi connectivity index (χ1) is 18.9. The molecule has 3 rings (SSSR count). The Kier molecular flexibility index (Phi) is 12.1. The Morgan fingerprint density at radius 2 is 1.56 bits per heavy atom. The van der Waals surface area contributed by atoms with E-state index in [9.17, 15) is 19.5 Å². The number of hydrogen-bond acceptors (Lipinski definition) is 5. The number of carbonyl (C=O) groups is 3. The summed E-state index contributed by atoms with van der Waals surface area (Å²) in [6.07, 6.45) is 5.11. The SMILES string of the molecule is CCCCOc1ccc(C[C@H](NC(=O)CC2CCN(C(=O)CCc3ccc(OCC)cc3)CC2)C(=O)O)cc1. The molecule has 2 aromatic rings. The summed E-state index contributed by atoms with van der Waals surface area (Å²) in [4.78, 5) is 39.1. The molecular weight excluding hydrogens is 496 g/mol. The van der Waals surface area contributed by atoms with Crippen LogP contribution in [0.2, 0.25) is 0 Å². The maximum absolute atomic E-state index is 12.7. The number of likely N-dealkylation sites (tertiary alicyclic amines) is 1. The Morgan fingerprint density at radius 1 is 0.949 bits per heavy atom. The maximum Gasteiger partial charge on any atom is 0.326 e. The Balaban J connectivity index is 1.39. The van der Waals surface area contributed by atoms with Gasteiger partial charge in [-0.1, -0.05) is 37.6 Å². The molecule has 2 aromatic carbocycles. The van der Waals surface area contributed by atoms with Crippen molar-refractivity contribution in [3.05, 3.63) is 59.7 Å². The molecule has 39 heavy (non-hydrogen) atoms. The number of aliphatic carboxylic acids is 1. The lowest BCUT2D eigenvalue weighted by Crippen LogP contribution is -2.44. The third kappa shape index (κ3) is 10.3. The van der Waals surface area contributed by atoms with Crippen LogP contribution >= 0.6 is 0 Å². The van der Waals surface area contributed by atoms with Crippen molar-refractivity contribution in [3.8, 4) is 11.5 Å². The number of carboxylic acids is 1. The van der Waals surface area contributed by atoms with Gasteiger partial charge in [-0.25, -0.2) is 4.79 Å². The molecule has 0 aromatic heterocycles. The van der Waals surface area contributed by atoms with Crippen LogP contribution in [0.3, 0.4) is 0 Å². The molecule has 1 atom stereocenters. The average molecular weight is 539 g/mol. The minimum atomic E-state index is -1.06. The smallest absolute Gasteiger partial charge is 0.326 e. The topological polar surface area (TPSA) is 105 Å². The van der Waals surface area contributed by atoms with E-state index >= 15 is 0 Å². The number of hydrogen-bond donors (Lipinski definition) is 2. The van der Waals surface area contributed by atoms with Crippen molar-refractivity contribution in [2.45, 2.75) is 71.3 Å². The van der Waals surface area contributed by atoms with Crippen molar-refractivity contribution < 1.29 is 29.0 Å². The number of carboxylic acid groups (broad SMARTS) is 1. The summed E-state index contributed by atoms with van der Waals surface area (Å²) in [7, 11) is 0. The van der Waals surface area contributed by atoms with Crippen LogP contribution in [0.4, 0.5) is 0 Å². The van der Waals surface area contributed by atoms with E-state index < -0.39 is 12.0 Å². The summed E-state index contributed by atoms with van der Waals surface area (Å²) < 4.78 is 11.1. The number of nitrogens with zero attached hydrogens (tertiary/aromatic N) is 1. The third-order valence-electron chi connectivity index (χ3n) is 7.07. The molecule has 1 aliphatic rings. The summed E-state index contributed by atoms with van der Waals surface area (Å²) in [5.41, 5.74) is 1.92. The van der Waals surface area contributed by atoms with Gasteiger partial charge in [-0.05, 0) is 73.9 Å². The zero-order chi connectivity index (χ0) is 28.0. The normalized spacial score (nSPS) is 14.5. The Labute approximate surface area is 231 Å². The maximum atomic E-state index is 12.7. The number of rotatable bonds is 15. The van der Waals surface area contributed by atoms with Crippen molar-refractivity contribution in [1.82, 2.24) is 10.2 Å². The minimum Gasteiger partial charge on any atom is -0.494 e. The molecule has 212 valence electrons. The fraction of sp³-hybridized carbons (Fsp3) is 0.516. The fourth-order valence-electron chi connectivity index (χ4n) is 4.72. The lowest BCUT2D eigenvalue weighted by molar-refractivity contribution is -0.142. The predicted molar refractivity (Wildman–Crippen MR) is 150 cm³/mol. The number of benzene rings is 2. The van der Waals surface area contributed by atoms with Crippen LogP contribution in [0, 0.1) is 5.92 Å². The third-order valence-corrected chi connectivity index (χ3v) is 7.07. The molecule has 2 amide bonds. The quantitative estimate of drug-likeness (QED) is 0.320. The number of piperidine rings is 1. The number of carbonyl (C=O) groups excluding carboxylic acids is 2. The molecule has 1 saturated heterocycles. The van der Waals surface area contributed by atoms with Gasteiger partial charge in [0.1, 0.15) is 17.5 Å². The molecule has 8 heteroatoms. The molecule has 1 heterocycles. The summed E-state index contributed by atoms with van der Waals surface area (Å²) in [6.45, 7) is 6.56. The highest BCUT2D eigenvalue weighted by atomic mass is 16.5. The van der Waals surface area contributed by atoms with Gasteiger partial charge < -0.3 is 24.8 Å². The van der Waals surface area contributed by atoms with Crippen LogP contribution in [0.1, 0.15) is 63.5 Å². The van der Waals surface area contributed by atoms with Crippen LogP contribution in [0.15, 0.2) is 48.5 Å². The van der Waals surface area contributed by atoms with Crippen molar-refractivity contribution in [3.63, 3.8) is 0 Å². The molecule has 0 radical (unpaired) electrons. The lowest BCUT2D eigenvalue weighted by Gasteiger charge is -2.32. The van der Waals surface area contributed by atoms with E-state index in [1.165, 1.54) is 0 Å². The van der Waals surface area contributed by atoms with Crippen LogP contribution in [0.25, 0.3) is 0 Å². The Bertz CT molecular complexity index is 1050. The van der Waals surface area contributed by atoms with E-state index in [0.29, 0.717) is 39.1 Å². The van der Waals surface area contributed by atoms with Gasteiger partial charge >= 0.3 is 5.97 Å². The summed E-state index contributed by atoms with van der Waals surface area (Å²) in [5.74, 6) is 0.523. The van der Waals surface area contributed by atoms with Gasteiger partial charge in [0.25, 0.3) is 0 Å². The van der Waals surface area contributed by atoms with E-state index in [0.717, 1.165) is 48.3 Å². The number of amides is 2. The van der Waals surface area contributed by atoms with Crippen LogP contribution in [0.5, 0.6) is 11.5 Å². The van der Waals surface area contributed by atoms with E-state index in [1.807, 2.05) is 60.4 Å². The highest BCUT2D eigenvalue weighted by molar-refractivity contribution is 5.84. The van der Waals surface area contributed by atoms with Crippen LogP contribution in [-0.4, -0.2) is 60.1 Å². The number of unbranched alkanes of at least 4 members (excludes halogenated alkanes) is 1. The summed E-state index contributed by atoms with van der Waals surface area (Å²) in [5, 5.41) is 12.4. The molecule has 1 aliphatic heterocycles. The van der Waals surface area contributed by atoms with E-state index in [-0.39, 0.29) is 30.6 Å². The van der Waals surface area contributed by atoms with Crippen molar-refractivity contribution >= 4 is 17.8 Å². The first kappa shape index (κ1) is 30.0. The largest absolute Gasteiger partial charge is 0.494 e. The second-order valence-electron chi connectivity index (χ2n) is 10.1. The standard InChI is InChI=1S/C31H42N2O6/c1-3-5-20-39-27-13-8-24(9-14-27)21-28(31(36)37)32-29(34)22-25-16-18-33(19-17-25)30(35)15-10-23-6-11-26(12-7-23)38-4-2/h6-9,11-14,25,28H,3-5,10,15-22H2,1-2H3,(H,32,34)(H,36,37)/t28-/m0/s1. The van der Waals surface area contributed by atoms with Gasteiger partial charge in [-0.15, -0.1) is 0 Å². The first-order valence-corrected chi connectivity index (χ1v) is 14.1. The molecule has 0 aliphatic carbocycles. The second kappa shape index (κ2) is 15.8. The Morgan fingerprint density at radius 3 is 2.15 bits per heavy atom. The van der Waals surface area contributed by atoms with Crippen molar-refractivity contribution in [1.29, 1.82) is 0 Å². The zero-order valence-electron chi connectivity index (χ0n) is 23.2. The van der Waals surface area contributed by atoms with Gasteiger partial charge in [-0.2, -0.15) is 0 Å². The summed E-state index contributed by atoms with van der Waals surface area (Å²) in [6, 6.07) is 14.2. The molecule has 2 N–H and O–H groups in total. The summed E-state index contributed by atoms with van der Waals surface area (Å²) >= 11 is 0. The fourth-order valence-corrected chi connectivity index (χ4v) is 4.72. The van der Waals surface area contributed by atoms with E-state index in [4.69, 9.17) is 9.47 Å². The first-order valence-electron chi connectivity index (χ1n) is 14.1. The molecule has 8 nitrogen and oxygen atoms in total. The molecular formula is C31H42N2O6. The van der Waals surface area contributed by atoms with Gasteiger partial charge in [0.2, 0.25) is 11.8 Å². The molecule has 0 bridgehead atoms. The zero-order valence-corrected chi connectivity index (χ0v) is 23.2. The molecule has 0 saturated carbocycles. The number of nitrogens with one attached hydrogen (secondary N) is 1. The van der Waals surface area contributed by atoms with Gasteiger partial charge in [0.15, 0.2) is 0 Å². The van der Waals surface area contributed by atoms with Gasteiger partial charge in [0, 0.05) is 32.4 Å². The Hall–Kier alpha value is -3.55. The van der Waals surface area contributed by atoms with Gasteiger partial charge in [-0.3, -0.25) is 9.59 Å². The highest BCUT2D eigenvalue weighted by Gasteiger charge is 2.26. The van der Waals surface area contributed by atoms with Crippen LogP contribution in [-0.2, 0) is 27.2 Å².